The highest BCUT2D eigenvalue weighted by Gasteiger charge is 2.16. The lowest BCUT2D eigenvalue weighted by Gasteiger charge is -2.09. The zero-order valence-electron chi connectivity index (χ0n) is 14.0. The molecule has 2 aromatic rings. The molecule has 0 radical (unpaired) electrons. The summed E-state index contributed by atoms with van der Waals surface area (Å²) < 4.78 is 12.1. The van der Waals surface area contributed by atoms with E-state index in [1.807, 2.05) is 32.2 Å². The first-order valence-corrected chi connectivity index (χ1v) is 7.53. The fraction of sp³-hybridized carbons (Fsp3) is 0.412. The van der Waals surface area contributed by atoms with Crippen molar-refractivity contribution in [3.05, 3.63) is 35.5 Å². The van der Waals surface area contributed by atoms with Crippen LogP contribution in [0.15, 0.2) is 24.3 Å². The first kappa shape index (κ1) is 17.0. The van der Waals surface area contributed by atoms with Crippen molar-refractivity contribution in [1.29, 1.82) is 0 Å². The van der Waals surface area contributed by atoms with Crippen LogP contribution in [0.1, 0.15) is 22.5 Å². The zero-order valence-corrected chi connectivity index (χ0v) is 14.0. The Morgan fingerprint density at radius 3 is 2.78 bits per heavy atom. The van der Waals surface area contributed by atoms with Crippen LogP contribution < -0.4 is 10.1 Å². The summed E-state index contributed by atoms with van der Waals surface area (Å²) in [5.74, 6) is 0.570. The molecule has 124 valence electrons. The Morgan fingerprint density at radius 2 is 2.09 bits per heavy atom. The number of aromatic nitrogens is 2. The number of nitrogens with one attached hydrogen (secondary N) is 1. The number of rotatable bonds is 7. The van der Waals surface area contributed by atoms with E-state index in [1.165, 1.54) is 0 Å². The average molecular weight is 317 g/mol. The van der Waals surface area contributed by atoms with Gasteiger partial charge in [0.15, 0.2) is 5.69 Å². The van der Waals surface area contributed by atoms with Crippen LogP contribution in [-0.2, 0) is 11.8 Å². The maximum atomic E-state index is 12.2. The molecule has 0 bridgehead atoms. The van der Waals surface area contributed by atoms with Gasteiger partial charge in [-0.05, 0) is 31.5 Å². The Balaban J connectivity index is 2.21. The molecule has 2 rings (SSSR count). The van der Waals surface area contributed by atoms with Gasteiger partial charge in [-0.2, -0.15) is 5.10 Å². The number of hydrogen-bond donors (Lipinski definition) is 1. The number of hydrogen-bond acceptors (Lipinski definition) is 4. The topological polar surface area (TPSA) is 65.4 Å². The van der Waals surface area contributed by atoms with Crippen LogP contribution in [0.4, 0.5) is 0 Å². The van der Waals surface area contributed by atoms with Gasteiger partial charge in [-0.1, -0.05) is 11.6 Å². The first-order valence-electron chi connectivity index (χ1n) is 7.53. The van der Waals surface area contributed by atoms with Crippen molar-refractivity contribution in [3.63, 3.8) is 0 Å². The molecule has 1 heterocycles. The molecule has 0 spiro atoms. The van der Waals surface area contributed by atoms with Gasteiger partial charge in [-0.3, -0.25) is 9.48 Å². The average Bonchev–Trinajstić information content (AvgIpc) is 2.93. The van der Waals surface area contributed by atoms with E-state index in [-0.39, 0.29) is 5.91 Å². The van der Waals surface area contributed by atoms with Crippen LogP contribution in [0, 0.1) is 6.92 Å². The molecule has 0 saturated heterocycles. The van der Waals surface area contributed by atoms with Crippen LogP contribution in [0.5, 0.6) is 5.75 Å². The van der Waals surface area contributed by atoms with E-state index in [4.69, 9.17) is 9.47 Å². The van der Waals surface area contributed by atoms with Gasteiger partial charge in [0, 0.05) is 32.9 Å². The van der Waals surface area contributed by atoms with Gasteiger partial charge in [0.1, 0.15) is 5.75 Å². The Bertz CT molecular complexity index is 680. The summed E-state index contributed by atoms with van der Waals surface area (Å²) in [7, 11) is 5.09. The van der Waals surface area contributed by atoms with Gasteiger partial charge in [0.25, 0.3) is 5.91 Å². The van der Waals surface area contributed by atoms with Crippen molar-refractivity contribution in [3.8, 4) is 17.0 Å². The monoisotopic (exact) mass is 317 g/mol. The fourth-order valence-corrected chi connectivity index (χ4v) is 2.36. The highest BCUT2D eigenvalue weighted by Crippen LogP contribution is 2.31. The summed E-state index contributed by atoms with van der Waals surface area (Å²) >= 11 is 0. The van der Waals surface area contributed by atoms with E-state index in [9.17, 15) is 4.79 Å². The molecule has 0 saturated carbocycles. The van der Waals surface area contributed by atoms with Crippen molar-refractivity contribution in [2.45, 2.75) is 13.3 Å². The molecule has 0 aliphatic carbocycles. The summed E-state index contributed by atoms with van der Waals surface area (Å²) in [4.78, 5) is 12.2. The number of carbonyl (C=O) groups is 1. The zero-order chi connectivity index (χ0) is 16.8. The fourth-order valence-electron chi connectivity index (χ4n) is 2.36. The molecule has 6 nitrogen and oxygen atoms in total. The van der Waals surface area contributed by atoms with Crippen molar-refractivity contribution >= 4 is 5.91 Å². The van der Waals surface area contributed by atoms with E-state index in [0.29, 0.717) is 18.8 Å². The van der Waals surface area contributed by atoms with Crippen molar-refractivity contribution in [2.24, 2.45) is 7.05 Å². The van der Waals surface area contributed by atoms with Crippen molar-refractivity contribution < 1.29 is 14.3 Å². The third-order valence-electron chi connectivity index (χ3n) is 3.55. The molecule has 23 heavy (non-hydrogen) atoms. The van der Waals surface area contributed by atoms with Gasteiger partial charge in [0.05, 0.1) is 12.8 Å². The third kappa shape index (κ3) is 4.10. The van der Waals surface area contributed by atoms with E-state index in [2.05, 4.69) is 10.4 Å². The van der Waals surface area contributed by atoms with E-state index in [0.717, 1.165) is 29.0 Å². The highest BCUT2D eigenvalue weighted by atomic mass is 16.5. The standard InChI is InChI=1S/C17H23N3O3/c1-12-6-7-16(23-4)13(10-12)15-11-14(19-20(15)2)17(21)18-8-5-9-22-3/h6-7,10-11H,5,8-9H2,1-4H3,(H,18,21). The molecule has 1 N–H and O–H groups in total. The number of ether oxygens (including phenoxy) is 2. The minimum atomic E-state index is -0.186. The first-order chi connectivity index (χ1) is 11.1. The maximum Gasteiger partial charge on any atom is 0.271 e. The number of methoxy groups -OCH3 is 2. The Labute approximate surface area is 136 Å². The SMILES string of the molecule is COCCCNC(=O)c1cc(-c2cc(C)ccc2OC)n(C)n1. The second kappa shape index (κ2) is 7.78. The lowest BCUT2D eigenvalue weighted by molar-refractivity contribution is 0.0943. The lowest BCUT2D eigenvalue weighted by atomic mass is 10.1. The summed E-state index contributed by atoms with van der Waals surface area (Å²) in [6, 6.07) is 7.71. The summed E-state index contributed by atoms with van der Waals surface area (Å²) in [5, 5.41) is 7.15. The minimum absolute atomic E-state index is 0.186. The molecule has 6 heteroatoms. The molecule has 0 atom stereocenters. The molecular formula is C17H23N3O3. The Morgan fingerprint density at radius 1 is 1.30 bits per heavy atom. The van der Waals surface area contributed by atoms with Crippen LogP contribution in [0.3, 0.4) is 0 Å². The minimum Gasteiger partial charge on any atom is -0.496 e. The van der Waals surface area contributed by atoms with Crippen LogP contribution >= 0.6 is 0 Å². The van der Waals surface area contributed by atoms with Crippen LogP contribution in [0.2, 0.25) is 0 Å². The smallest absolute Gasteiger partial charge is 0.271 e. The molecule has 0 unspecified atom stereocenters. The lowest BCUT2D eigenvalue weighted by Crippen LogP contribution is -2.25. The molecule has 1 aromatic carbocycles. The summed E-state index contributed by atoms with van der Waals surface area (Å²) in [5.41, 5.74) is 3.27. The number of benzene rings is 1. The molecular weight excluding hydrogens is 294 g/mol. The normalized spacial score (nSPS) is 10.6. The number of nitrogens with zero attached hydrogens (tertiary/aromatic N) is 2. The number of carbonyl (C=O) groups excluding carboxylic acids is 1. The number of amides is 1. The Kier molecular flexibility index (Phi) is 5.76. The molecule has 1 aromatic heterocycles. The summed E-state index contributed by atoms with van der Waals surface area (Å²) in [6.07, 6.45) is 0.771. The quantitative estimate of drug-likeness (QED) is 0.795. The molecule has 0 aliphatic heterocycles. The van der Waals surface area contributed by atoms with E-state index in [1.54, 1.807) is 25.0 Å². The second-order valence-corrected chi connectivity index (χ2v) is 5.34. The van der Waals surface area contributed by atoms with E-state index < -0.39 is 0 Å². The van der Waals surface area contributed by atoms with Gasteiger partial charge < -0.3 is 14.8 Å². The third-order valence-corrected chi connectivity index (χ3v) is 3.55. The van der Waals surface area contributed by atoms with Gasteiger partial charge in [-0.25, -0.2) is 0 Å². The van der Waals surface area contributed by atoms with E-state index >= 15 is 0 Å². The van der Waals surface area contributed by atoms with Crippen molar-refractivity contribution in [1.82, 2.24) is 15.1 Å². The largest absolute Gasteiger partial charge is 0.496 e. The molecule has 1 amide bonds. The molecule has 0 aliphatic rings. The number of aryl methyl sites for hydroxylation is 2. The van der Waals surface area contributed by atoms with Gasteiger partial charge >= 0.3 is 0 Å². The van der Waals surface area contributed by atoms with Crippen LogP contribution in [-0.4, -0.2) is 43.1 Å². The van der Waals surface area contributed by atoms with Crippen molar-refractivity contribution in [2.75, 3.05) is 27.4 Å². The predicted octanol–water partition coefficient (Wildman–Crippen LogP) is 2.17. The predicted molar refractivity (Wildman–Crippen MR) is 88.8 cm³/mol. The maximum absolute atomic E-state index is 12.2. The highest BCUT2D eigenvalue weighted by molar-refractivity contribution is 5.93. The summed E-state index contributed by atoms with van der Waals surface area (Å²) in [6.45, 7) is 3.20. The second-order valence-electron chi connectivity index (χ2n) is 5.34. The van der Waals surface area contributed by atoms with Crippen LogP contribution in [0.25, 0.3) is 11.3 Å². The van der Waals surface area contributed by atoms with Gasteiger partial charge in [0.2, 0.25) is 0 Å². The Hall–Kier alpha value is -2.34. The molecule has 0 fully saturated rings. The van der Waals surface area contributed by atoms with Gasteiger partial charge in [-0.15, -0.1) is 0 Å².